The molecule has 0 radical (unpaired) electrons. The quantitative estimate of drug-likeness (QED) is 0.831. The van der Waals surface area contributed by atoms with E-state index in [4.69, 9.17) is 51.5 Å². The van der Waals surface area contributed by atoms with E-state index in [0.29, 0.717) is 10.7 Å². The normalized spacial score (nSPS) is 11.8. The lowest BCUT2D eigenvalue weighted by atomic mass is 10.3. The summed E-state index contributed by atoms with van der Waals surface area (Å²) in [6.45, 7) is 0. The van der Waals surface area contributed by atoms with Gasteiger partial charge < -0.3 is 10.4 Å². The van der Waals surface area contributed by atoms with E-state index in [0.717, 1.165) is 0 Å². The molecule has 96 valence electrons. The number of amides is 1. The fraction of sp³-hybridized carbons (Fsp3) is 0. The molecule has 2 N–H and O–H groups in total. The molecule has 0 unspecified atom stereocenters. The second-order valence-corrected chi connectivity index (χ2v) is 4.59. The third-order valence-corrected chi connectivity index (χ3v) is 3.30. The van der Waals surface area contributed by atoms with Gasteiger partial charge in [-0.1, -0.05) is 46.4 Å². The molecule has 1 aromatic rings. The first-order chi connectivity index (χ1) is 8.32. The molecule has 0 aliphatic heterocycles. The molecule has 18 heavy (non-hydrogen) atoms. The number of aliphatic carboxylic acids is 1. The van der Waals surface area contributed by atoms with Crippen LogP contribution in [0.25, 0.3) is 0 Å². The zero-order valence-electron chi connectivity index (χ0n) is 8.51. The van der Waals surface area contributed by atoms with Crippen molar-refractivity contribution in [1.82, 2.24) is 0 Å². The second-order valence-electron chi connectivity index (χ2n) is 3.02. The number of carboxylic acid groups (broad SMARTS) is 1. The van der Waals surface area contributed by atoms with Crippen LogP contribution in [-0.2, 0) is 9.59 Å². The van der Waals surface area contributed by atoms with E-state index >= 15 is 0 Å². The molecule has 1 rings (SSSR count). The Kier molecular flexibility index (Phi) is 5.28. The Balaban J connectivity index is 2.92. The molecule has 0 aliphatic carbocycles. The molecule has 1 aromatic carbocycles. The summed E-state index contributed by atoms with van der Waals surface area (Å²) in [7, 11) is 0. The minimum absolute atomic E-state index is 0.235. The van der Waals surface area contributed by atoms with Crippen LogP contribution in [-0.4, -0.2) is 17.0 Å². The molecule has 0 bridgehead atoms. The maximum Gasteiger partial charge on any atom is 0.349 e. The standard InChI is InChI=1S/C10H5Cl4NO3/c11-5-2-1-4(3-6(5)12)15-9(16)7(13)8(14)10(17)18/h1-3H,(H,15,16)(H,17,18)/b8-7+. The zero-order chi connectivity index (χ0) is 13.9. The van der Waals surface area contributed by atoms with Gasteiger partial charge in [-0.15, -0.1) is 0 Å². The second kappa shape index (κ2) is 6.29. The van der Waals surface area contributed by atoms with Gasteiger partial charge in [-0.2, -0.15) is 0 Å². The van der Waals surface area contributed by atoms with Crippen molar-refractivity contribution in [2.24, 2.45) is 0 Å². The fourth-order valence-electron chi connectivity index (χ4n) is 0.953. The SMILES string of the molecule is O=C(O)/C(Cl)=C(\Cl)C(=O)Nc1ccc(Cl)c(Cl)c1. The Morgan fingerprint density at radius 1 is 1.06 bits per heavy atom. The Morgan fingerprint density at radius 2 is 1.67 bits per heavy atom. The third kappa shape index (κ3) is 3.78. The number of hydrogen-bond donors (Lipinski definition) is 2. The monoisotopic (exact) mass is 327 g/mol. The summed E-state index contributed by atoms with van der Waals surface area (Å²) >= 11 is 22.3. The average molecular weight is 329 g/mol. The molecule has 0 aliphatic rings. The summed E-state index contributed by atoms with van der Waals surface area (Å²) in [5.41, 5.74) is 0.308. The molecular formula is C10H5Cl4NO3. The van der Waals surface area contributed by atoms with E-state index in [9.17, 15) is 9.59 Å². The molecule has 8 heteroatoms. The molecule has 0 atom stereocenters. The summed E-state index contributed by atoms with van der Waals surface area (Å²) in [6, 6.07) is 4.33. The highest BCUT2D eigenvalue weighted by Gasteiger charge is 2.17. The van der Waals surface area contributed by atoms with Gasteiger partial charge in [0.25, 0.3) is 5.91 Å². The van der Waals surface area contributed by atoms with Gasteiger partial charge in [-0.25, -0.2) is 4.79 Å². The molecule has 0 fully saturated rings. The summed E-state index contributed by atoms with van der Waals surface area (Å²) in [5, 5.41) is 10.0. The van der Waals surface area contributed by atoms with Crippen molar-refractivity contribution in [3.8, 4) is 0 Å². The van der Waals surface area contributed by atoms with Crippen molar-refractivity contribution in [2.45, 2.75) is 0 Å². The van der Waals surface area contributed by atoms with Crippen LogP contribution in [0.3, 0.4) is 0 Å². The van der Waals surface area contributed by atoms with Crippen molar-refractivity contribution in [3.05, 3.63) is 38.3 Å². The summed E-state index contributed by atoms with van der Waals surface area (Å²) < 4.78 is 0. The lowest BCUT2D eigenvalue weighted by molar-refractivity contribution is -0.132. The van der Waals surface area contributed by atoms with E-state index in [1.54, 1.807) is 0 Å². The number of carboxylic acids is 1. The maximum atomic E-state index is 11.5. The van der Waals surface area contributed by atoms with Crippen LogP contribution in [0.1, 0.15) is 0 Å². The Hall–Kier alpha value is -0.940. The minimum atomic E-state index is -1.49. The molecule has 4 nitrogen and oxygen atoms in total. The first-order valence-corrected chi connectivity index (χ1v) is 5.89. The molecule has 0 spiro atoms. The number of anilines is 1. The topological polar surface area (TPSA) is 66.4 Å². The van der Waals surface area contributed by atoms with Crippen LogP contribution >= 0.6 is 46.4 Å². The number of benzene rings is 1. The van der Waals surface area contributed by atoms with Crippen LogP contribution in [0.4, 0.5) is 5.69 Å². The van der Waals surface area contributed by atoms with E-state index in [-0.39, 0.29) is 5.02 Å². The lowest BCUT2D eigenvalue weighted by Gasteiger charge is -2.06. The summed E-state index contributed by atoms with van der Waals surface area (Å²) in [5.74, 6) is -2.35. The van der Waals surface area contributed by atoms with Crippen LogP contribution in [0, 0.1) is 0 Å². The maximum absolute atomic E-state index is 11.5. The van der Waals surface area contributed by atoms with Gasteiger partial charge in [0.15, 0.2) is 0 Å². The smallest absolute Gasteiger partial charge is 0.349 e. The largest absolute Gasteiger partial charge is 0.477 e. The van der Waals surface area contributed by atoms with Gasteiger partial charge >= 0.3 is 5.97 Å². The van der Waals surface area contributed by atoms with E-state index in [1.165, 1.54) is 18.2 Å². The number of halogens is 4. The molecule has 0 heterocycles. The Morgan fingerprint density at radius 3 is 2.17 bits per heavy atom. The number of carbonyl (C=O) groups is 2. The van der Waals surface area contributed by atoms with Crippen LogP contribution in [0.5, 0.6) is 0 Å². The third-order valence-electron chi connectivity index (χ3n) is 1.76. The van der Waals surface area contributed by atoms with E-state index in [1.807, 2.05) is 0 Å². The highest BCUT2D eigenvalue weighted by Crippen LogP contribution is 2.25. The van der Waals surface area contributed by atoms with Gasteiger partial charge in [0, 0.05) is 5.69 Å². The molecule has 0 aromatic heterocycles. The van der Waals surface area contributed by atoms with Gasteiger partial charge in [-0.3, -0.25) is 4.79 Å². The fourth-order valence-corrected chi connectivity index (χ4v) is 1.47. The molecule has 0 saturated heterocycles. The van der Waals surface area contributed by atoms with Gasteiger partial charge in [-0.05, 0) is 18.2 Å². The number of rotatable bonds is 3. The lowest BCUT2D eigenvalue weighted by Crippen LogP contribution is -2.14. The van der Waals surface area contributed by atoms with Crippen molar-refractivity contribution in [2.75, 3.05) is 5.32 Å². The minimum Gasteiger partial charge on any atom is -0.477 e. The Labute approximate surface area is 122 Å². The predicted molar refractivity (Wildman–Crippen MR) is 71.5 cm³/mol. The van der Waals surface area contributed by atoms with E-state index < -0.39 is 21.9 Å². The molecular weight excluding hydrogens is 324 g/mol. The van der Waals surface area contributed by atoms with Gasteiger partial charge in [0.1, 0.15) is 10.1 Å². The number of hydrogen-bond acceptors (Lipinski definition) is 2. The summed E-state index contributed by atoms with van der Waals surface area (Å²) in [6.07, 6.45) is 0. The first-order valence-electron chi connectivity index (χ1n) is 4.38. The summed E-state index contributed by atoms with van der Waals surface area (Å²) in [4.78, 5) is 22.0. The van der Waals surface area contributed by atoms with E-state index in [2.05, 4.69) is 5.32 Å². The number of nitrogens with one attached hydrogen (secondary N) is 1. The first kappa shape index (κ1) is 15.1. The van der Waals surface area contributed by atoms with Gasteiger partial charge in [0.2, 0.25) is 0 Å². The zero-order valence-corrected chi connectivity index (χ0v) is 11.5. The number of carbonyl (C=O) groups excluding carboxylic acids is 1. The van der Waals surface area contributed by atoms with Crippen LogP contribution < -0.4 is 5.32 Å². The van der Waals surface area contributed by atoms with Crippen molar-refractivity contribution < 1.29 is 14.7 Å². The molecule has 1 amide bonds. The van der Waals surface area contributed by atoms with Gasteiger partial charge in [0.05, 0.1) is 10.0 Å². The predicted octanol–water partition coefficient (Wildman–Crippen LogP) is 3.71. The molecule has 0 saturated carbocycles. The Bertz CT molecular complexity index is 542. The van der Waals surface area contributed by atoms with Crippen LogP contribution in [0.15, 0.2) is 28.3 Å². The van der Waals surface area contributed by atoms with Crippen molar-refractivity contribution >= 4 is 64.0 Å². The highest BCUT2D eigenvalue weighted by atomic mass is 35.5. The van der Waals surface area contributed by atoms with Crippen molar-refractivity contribution in [1.29, 1.82) is 0 Å². The van der Waals surface area contributed by atoms with Crippen molar-refractivity contribution in [3.63, 3.8) is 0 Å². The highest BCUT2D eigenvalue weighted by molar-refractivity contribution is 6.54. The average Bonchev–Trinajstić information content (AvgIpc) is 2.31. The van der Waals surface area contributed by atoms with Crippen LogP contribution in [0.2, 0.25) is 10.0 Å².